The molecule has 4 heteroatoms. The van der Waals surface area contributed by atoms with Crippen LogP contribution >= 0.6 is 0 Å². The van der Waals surface area contributed by atoms with E-state index in [1.807, 2.05) is 0 Å². The molecular weight excluding hydrogens is 100 g/mol. The van der Waals surface area contributed by atoms with Gasteiger partial charge in [0.05, 0.1) is 0 Å². The van der Waals surface area contributed by atoms with E-state index in [2.05, 4.69) is 0 Å². The van der Waals surface area contributed by atoms with Crippen LogP contribution in [0.5, 0.6) is 0 Å². The summed E-state index contributed by atoms with van der Waals surface area (Å²) in [6, 6.07) is 0. The van der Waals surface area contributed by atoms with Crippen molar-refractivity contribution in [2.45, 2.75) is 0 Å². The van der Waals surface area contributed by atoms with Gasteiger partial charge in [0.2, 0.25) is 0 Å². The summed E-state index contributed by atoms with van der Waals surface area (Å²) < 4.78 is 11.4. The van der Waals surface area contributed by atoms with E-state index < -0.39 is 11.5 Å². The molecule has 0 aliphatic carbocycles. The number of nitrogens with two attached hydrogens (primary N) is 1. The van der Waals surface area contributed by atoms with E-state index in [1.54, 1.807) is 14.1 Å². The predicted molar refractivity (Wildman–Crippen MR) is 26.0 cm³/mol. The molecule has 38 valence electrons. The molecule has 0 fully saturated rings. The summed E-state index contributed by atoms with van der Waals surface area (Å²) in [5, 5.41) is 4.83. The lowest BCUT2D eigenvalue weighted by molar-refractivity contribution is 0.522. The number of rotatable bonds is 1. The fourth-order valence-corrected chi connectivity index (χ4v) is 0. The molecule has 1 atom stereocenters. The highest BCUT2D eigenvalue weighted by Gasteiger charge is 1.97. The second-order valence-electron chi connectivity index (χ2n) is 1.09. The Morgan fingerprint density at radius 3 is 1.83 bits per heavy atom. The Kier molecular flexibility index (Phi) is 2.50. The molecule has 0 rings (SSSR count). The van der Waals surface area contributed by atoms with Crippen LogP contribution in [0.4, 0.5) is 0 Å². The minimum absolute atomic E-state index is 1.28. The molecule has 0 bridgehead atoms. The minimum atomic E-state index is -1.28. The van der Waals surface area contributed by atoms with Crippen molar-refractivity contribution in [1.82, 2.24) is 4.31 Å². The molecule has 0 saturated heterocycles. The molecular formula is C2H8N2OS. The second-order valence-corrected chi connectivity index (χ2v) is 2.37. The predicted octanol–water partition coefficient (Wildman–Crippen LogP) is -0.915. The van der Waals surface area contributed by atoms with Gasteiger partial charge in [-0.05, 0) is 0 Å². The number of nitrogens with zero attached hydrogens (tertiary/aromatic N) is 1. The van der Waals surface area contributed by atoms with Gasteiger partial charge < -0.3 is 4.55 Å². The average molecular weight is 108 g/mol. The smallest absolute Gasteiger partial charge is 0.134 e. The largest absolute Gasteiger partial charge is 0.579 e. The summed E-state index contributed by atoms with van der Waals surface area (Å²) >= 11 is -1.28. The van der Waals surface area contributed by atoms with Gasteiger partial charge in [-0.2, -0.15) is 0 Å². The first kappa shape index (κ1) is 6.23. The van der Waals surface area contributed by atoms with Gasteiger partial charge in [0.25, 0.3) is 0 Å². The molecule has 0 aromatic rings. The third kappa shape index (κ3) is 2.47. The summed E-state index contributed by atoms with van der Waals surface area (Å²) in [6.45, 7) is 0. The van der Waals surface area contributed by atoms with E-state index in [4.69, 9.17) is 5.14 Å². The van der Waals surface area contributed by atoms with E-state index in [-0.39, 0.29) is 0 Å². The van der Waals surface area contributed by atoms with Gasteiger partial charge in [-0.3, -0.25) is 0 Å². The average Bonchev–Trinajstić information content (AvgIpc) is 1.36. The van der Waals surface area contributed by atoms with Gasteiger partial charge in [-0.25, -0.2) is 0 Å². The van der Waals surface area contributed by atoms with E-state index in [0.29, 0.717) is 0 Å². The summed E-state index contributed by atoms with van der Waals surface area (Å²) in [5.74, 6) is 0. The summed E-state index contributed by atoms with van der Waals surface area (Å²) in [6.07, 6.45) is 0. The Hall–Kier alpha value is 0.230. The number of hydrogen-bond acceptors (Lipinski definition) is 3. The van der Waals surface area contributed by atoms with Gasteiger partial charge in [-0.1, -0.05) is 0 Å². The second kappa shape index (κ2) is 2.41. The Bertz CT molecular complexity index is 32.5. The lowest BCUT2D eigenvalue weighted by Gasteiger charge is -2.06. The van der Waals surface area contributed by atoms with Crippen LogP contribution in [0.25, 0.3) is 0 Å². The Balaban J connectivity index is 2.99. The van der Waals surface area contributed by atoms with Crippen molar-refractivity contribution in [3.63, 3.8) is 0 Å². The van der Waals surface area contributed by atoms with E-state index in [0.717, 1.165) is 0 Å². The van der Waals surface area contributed by atoms with Crippen molar-refractivity contribution in [2.24, 2.45) is 5.14 Å². The molecule has 3 nitrogen and oxygen atoms in total. The first-order chi connectivity index (χ1) is 2.64. The first-order valence-corrected chi connectivity index (χ1v) is 2.65. The molecule has 0 heterocycles. The van der Waals surface area contributed by atoms with Crippen molar-refractivity contribution in [1.29, 1.82) is 0 Å². The van der Waals surface area contributed by atoms with Crippen molar-refractivity contribution >= 4 is 11.5 Å². The maximum Gasteiger partial charge on any atom is 0.134 e. The van der Waals surface area contributed by atoms with Crippen molar-refractivity contribution in [2.75, 3.05) is 14.1 Å². The third-order valence-electron chi connectivity index (χ3n) is 0.360. The van der Waals surface area contributed by atoms with Gasteiger partial charge in [-0.15, -0.1) is 9.44 Å². The van der Waals surface area contributed by atoms with Crippen molar-refractivity contribution in [3.05, 3.63) is 0 Å². The van der Waals surface area contributed by atoms with Crippen molar-refractivity contribution < 1.29 is 4.55 Å². The van der Waals surface area contributed by atoms with Crippen LogP contribution in [0.1, 0.15) is 0 Å². The Morgan fingerprint density at radius 2 is 1.83 bits per heavy atom. The molecule has 0 saturated carbocycles. The normalized spacial score (nSPS) is 15.5. The summed E-state index contributed by atoms with van der Waals surface area (Å²) in [4.78, 5) is 0. The van der Waals surface area contributed by atoms with E-state index in [9.17, 15) is 4.55 Å². The zero-order valence-corrected chi connectivity index (χ0v) is 4.66. The fourth-order valence-electron chi connectivity index (χ4n) is 0. The van der Waals surface area contributed by atoms with E-state index >= 15 is 0 Å². The molecule has 6 heavy (non-hydrogen) atoms. The maximum absolute atomic E-state index is 9.96. The molecule has 0 aliphatic rings. The topological polar surface area (TPSA) is 52.3 Å². The van der Waals surface area contributed by atoms with Crippen molar-refractivity contribution in [3.8, 4) is 0 Å². The zero-order chi connectivity index (χ0) is 5.15. The molecule has 0 aliphatic heterocycles. The van der Waals surface area contributed by atoms with Crippen LogP contribution in [0.15, 0.2) is 0 Å². The molecule has 0 radical (unpaired) electrons. The van der Waals surface area contributed by atoms with Crippen LogP contribution in [-0.2, 0) is 11.5 Å². The quantitative estimate of drug-likeness (QED) is 0.442. The lowest BCUT2D eigenvalue weighted by atomic mass is 11.3. The van der Waals surface area contributed by atoms with Gasteiger partial charge in [0.1, 0.15) is 11.5 Å². The lowest BCUT2D eigenvalue weighted by Crippen LogP contribution is -2.29. The van der Waals surface area contributed by atoms with Crippen LogP contribution in [0.3, 0.4) is 0 Å². The molecule has 0 spiro atoms. The van der Waals surface area contributed by atoms with Crippen LogP contribution in [0, 0.1) is 0 Å². The monoisotopic (exact) mass is 108 g/mol. The van der Waals surface area contributed by atoms with Crippen LogP contribution in [0.2, 0.25) is 0 Å². The summed E-state index contributed by atoms with van der Waals surface area (Å²) in [7, 11) is 3.30. The summed E-state index contributed by atoms with van der Waals surface area (Å²) in [5.41, 5.74) is 0. The molecule has 0 aromatic carbocycles. The maximum atomic E-state index is 9.96. The first-order valence-electron chi connectivity index (χ1n) is 1.48. The molecule has 2 N–H and O–H groups in total. The fraction of sp³-hybridized carbons (Fsp3) is 1.00. The van der Waals surface area contributed by atoms with Crippen LogP contribution in [-0.4, -0.2) is 23.0 Å². The minimum Gasteiger partial charge on any atom is -0.579 e. The highest BCUT2D eigenvalue weighted by atomic mass is 32.2. The zero-order valence-electron chi connectivity index (χ0n) is 3.84. The van der Waals surface area contributed by atoms with Crippen LogP contribution < -0.4 is 5.14 Å². The third-order valence-corrected chi connectivity index (χ3v) is 1.08. The highest BCUT2D eigenvalue weighted by Crippen LogP contribution is 1.77. The van der Waals surface area contributed by atoms with Gasteiger partial charge in [0, 0.05) is 14.1 Å². The van der Waals surface area contributed by atoms with E-state index in [1.165, 1.54) is 4.31 Å². The van der Waals surface area contributed by atoms with Gasteiger partial charge in [0.15, 0.2) is 0 Å². The SMILES string of the molecule is CN(C)[S+](N)[O-]. The molecule has 1 unspecified atom stereocenters. The Labute approximate surface area is 40.6 Å². The number of hydrogen-bond donors (Lipinski definition) is 1. The Morgan fingerprint density at radius 1 is 1.67 bits per heavy atom. The highest BCUT2D eigenvalue weighted by molar-refractivity contribution is 7.86. The standard InChI is InChI=1S/C2H8N2OS/c1-4(2)6(3)5/h3H2,1-2H3. The molecule has 0 aromatic heterocycles. The van der Waals surface area contributed by atoms with Gasteiger partial charge >= 0.3 is 0 Å². The molecule has 0 amide bonds.